The number of piperidine rings is 1. The topological polar surface area (TPSA) is 62.1 Å². The van der Waals surface area contributed by atoms with Crippen molar-refractivity contribution in [2.24, 2.45) is 11.1 Å². The molecule has 1 N–H and O–H groups in total. The minimum absolute atomic E-state index is 0.0205. The van der Waals surface area contributed by atoms with Crippen LogP contribution in [-0.2, 0) is 0 Å². The van der Waals surface area contributed by atoms with E-state index in [1.807, 2.05) is 12.3 Å². The number of ether oxygens (including phenoxy) is 1. The summed E-state index contributed by atoms with van der Waals surface area (Å²) < 4.78 is 5.08. The maximum absolute atomic E-state index is 12.2. The van der Waals surface area contributed by atoms with Gasteiger partial charge in [-0.25, -0.2) is 0 Å². The first-order valence-electron chi connectivity index (χ1n) is 5.78. The lowest BCUT2D eigenvalue weighted by molar-refractivity contribution is 0.0738. The molecule has 2 heterocycles. The summed E-state index contributed by atoms with van der Waals surface area (Å²) in [5.74, 6) is 0.840. The zero-order valence-electron chi connectivity index (χ0n) is 10.4. The van der Waals surface area contributed by atoms with Crippen LogP contribution in [0, 0.1) is 5.92 Å². The Bertz CT molecular complexity index is 470. The molecule has 0 spiro atoms. The molecule has 0 aliphatic carbocycles. The molecule has 1 saturated heterocycles. The van der Waals surface area contributed by atoms with Crippen molar-refractivity contribution in [1.29, 1.82) is 0 Å². The molecule has 1 fully saturated rings. The van der Waals surface area contributed by atoms with Gasteiger partial charge in [-0.3, -0.25) is 4.79 Å². The average molecular weight is 268 g/mol. The number of nitrogens with zero attached hydrogens (tertiary/aromatic N) is 2. The molecule has 0 saturated carbocycles. The summed E-state index contributed by atoms with van der Waals surface area (Å²) in [6.45, 7) is 3.16. The summed E-state index contributed by atoms with van der Waals surface area (Å²) in [6.07, 6.45) is 0.631. The summed E-state index contributed by atoms with van der Waals surface area (Å²) in [4.78, 5) is 14.7. The third-order valence-electron chi connectivity index (χ3n) is 3.14. The molecule has 0 aromatic carbocycles. The predicted octanol–water partition coefficient (Wildman–Crippen LogP) is 2.07. The fourth-order valence-corrected chi connectivity index (χ4v) is 2.87. The molecule has 18 heavy (non-hydrogen) atoms. The summed E-state index contributed by atoms with van der Waals surface area (Å²) in [5.41, 5.74) is 0.766. The monoisotopic (exact) mass is 268 g/mol. The standard InChI is InChI=1S/C12H16N2O3S/c1-8-6-14(4-3-10(8)13-16)12(15)11-5-9(17-2)7-18-11/h5,7-8,16H,3-4,6H2,1-2H3. The van der Waals surface area contributed by atoms with Gasteiger partial charge in [0.25, 0.3) is 5.91 Å². The molecule has 1 unspecified atom stereocenters. The first kappa shape index (κ1) is 12.9. The third kappa shape index (κ3) is 2.48. The molecular weight excluding hydrogens is 252 g/mol. The highest BCUT2D eigenvalue weighted by atomic mass is 32.1. The van der Waals surface area contributed by atoms with E-state index in [0.29, 0.717) is 30.1 Å². The van der Waals surface area contributed by atoms with Crippen molar-refractivity contribution in [3.8, 4) is 5.75 Å². The summed E-state index contributed by atoms with van der Waals surface area (Å²) in [6, 6.07) is 1.76. The number of methoxy groups -OCH3 is 1. The van der Waals surface area contributed by atoms with Gasteiger partial charge in [-0.15, -0.1) is 11.3 Å². The highest BCUT2D eigenvalue weighted by Gasteiger charge is 2.27. The van der Waals surface area contributed by atoms with Crippen LogP contribution in [0.15, 0.2) is 16.6 Å². The molecule has 1 atom stereocenters. The van der Waals surface area contributed by atoms with E-state index in [2.05, 4.69) is 5.16 Å². The Morgan fingerprint density at radius 2 is 2.44 bits per heavy atom. The molecule has 6 heteroatoms. The van der Waals surface area contributed by atoms with Crippen molar-refractivity contribution in [3.63, 3.8) is 0 Å². The van der Waals surface area contributed by atoms with Crippen LogP contribution in [0.1, 0.15) is 23.0 Å². The van der Waals surface area contributed by atoms with Gasteiger partial charge >= 0.3 is 0 Å². The minimum atomic E-state index is 0.0205. The maximum atomic E-state index is 12.2. The van der Waals surface area contributed by atoms with Gasteiger partial charge in [-0.1, -0.05) is 12.1 Å². The van der Waals surface area contributed by atoms with Gasteiger partial charge in [0.2, 0.25) is 0 Å². The Morgan fingerprint density at radius 1 is 1.67 bits per heavy atom. The van der Waals surface area contributed by atoms with Gasteiger partial charge in [0.05, 0.1) is 17.7 Å². The van der Waals surface area contributed by atoms with Crippen LogP contribution in [0.5, 0.6) is 5.75 Å². The molecule has 0 radical (unpaired) electrons. The molecule has 1 aromatic rings. The van der Waals surface area contributed by atoms with Crippen LogP contribution in [0.3, 0.4) is 0 Å². The van der Waals surface area contributed by atoms with Gasteiger partial charge in [0.15, 0.2) is 0 Å². The Morgan fingerprint density at radius 3 is 3.00 bits per heavy atom. The SMILES string of the molecule is COc1csc(C(=O)N2CCC(=NO)C(C)C2)c1. The van der Waals surface area contributed by atoms with Crippen molar-refractivity contribution in [2.45, 2.75) is 13.3 Å². The fourth-order valence-electron chi connectivity index (χ4n) is 2.05. The molecule has 1 aliphatic heterocycles. The number of carbonyl (C=O) groups is 1. The molecule has 2 rings (SSSR count). The number of amides is 1. The fraction of sp³-hybridized carbons (Fsp3) is 0.500. The quantitative estimate of drug-likeness (QED) is 0.659. The van der Waals surface area contributed by atoms with Gasteiger partial charge < -0.3 is 14.8 Å². The minimum Gasteiger partial charge on any atom is -0.496 e. The first-order valence-corrected chi connectivity index (χ1v) is 6.66. The van der Waals surface area contributed by atoms with Crippen LogP contribution < -0.4 is 4.74 Å². The second kappa shape index (κ2) is 5.39. The lowest BCUT2D eigenvalue weighted by Crippen LogP contribution is -2.43. The summed E-state index contributed by atoms with van der Waals surface area (Å²) in [7, 11) is 1.59. The molecule has 1 aromatic heterocycles. The number of oxime groups is 1. The van der Waals surface area contributed by atoms with E-state index in [4.69, 9.17) is 9.94 Å². The van der Waals surface area contributed by atoms with Crippen molar-refractivity contribution < 1.29 is 14.7 Å². The maximum Gasteiger partial charge on any atom is 0.264 e. The number of hydrogen-bond donors (Lipinski definition) is 1. The molecular formula is C12H16N2O3S. The average Bonchev–Trinajstić information content (AvgIpc) is 2.86. The zero-order chi connectivity index (χ0) is 13.1. The van der Waals surface area contributed by atoms with Crippen LogP contribution in [-0.4, -0.2) is 41.9 Å². The van der Waals surface area contributed by atoms with E-state index in [-0.39, 0.29) is 11.8 Å². The Kier molecular flexibility index (Phi) is 3.86. The van der Waals surface area contributed by atoms with Crippen LogP contribution in [0.2, 0.25) is 0 Å². The van der Waals surface area contributed by atoms with E-state index in [0.717, 1.165) is 5.71 Å². The molecule has 5 nitrogen and oxygen atoms in total. The number of likely N-dealkylation sites (tertiary alicyclic amines) is 1. The smallest absolute Gasteiger partial charge is 0.264 e. The number of carbonyl (C=O) groups excluding carboxylic acids is 1. The van der Waals surface area contributed by atoms with Crippen LogP contribution in [0.4, 0.5) is 0 Å². The van der Waals surface area contributed by atoms with E-state index in [9.17, 15) is 4.79 Å². The van der Waals surface area contributed by atoms with Gasteiger partial charge in [0, 0.05) is 36.9 Å². The molecule has 1 amide bonds. The van der Waals surface area contributed by atoms with E-state index in [1.54, 1.807) is 18.1 Å². The molecule has 1 aliphatic rings. The van der Waals surface area contributed by atoms with Crippen molar-refractivity contribution >= 4 is 23.0 Å². The van der Waals surface area contributed by atoms with Gasteiger partial charge in [-0.2, -0.15) is 0 Å². The Hall–Kier alpha value is -1.56. The Labute approximate surface area is 110 Å². The molecule has 98 valence electrons. The van der Waals surface area contributed by atoms with Crippen LogP contribution in [0.25, 0.3) is 0 Å². The van der Waals surface area contributed by atoms with Crippen LogP contribution >= 0.6 is 11.3 Å². The van der Waals surface area contributed by atoms with E-state index in [1.165, 1.54) is 11.3 Å². The second-order valence-electron chi connectivity index (χ2n) is 4.34. The Balaban J connectivity index is 2.06. The molecule has 0 bridgehead atoms. The summed E-state index contributed by atoms with van der Waals surface area (Å²) in [5, 5.41) is 13.9. The van der Waals surface area contributed by atoms with Crippen molar-refractivity contribution in [1.82, 2.24) is 4.90 Å². The highest BCUT2D eigenvalue weighted by Crippen LogP contribution is 2.24. The lowest BCUT2D eigenvalue weighted by atomic mass is 9.97. The predicted molar refractivity (Wildman–Crippen MR) is 69.8 cm³/mol. The highest BCUT2D eigenvalue weighted by molar-refractivity contribution is 7.12. The van der Waals surface area contributed by atoms with Crippen molar-refractivity contribution in [3.05, 3.63) is 16.3 Å². The largest absolute Gasteiger partial charge is 0.496 e. The number of rotatable bonds is 2. The van der Waals surface area contributed by atoms with Gasteiger partial charge in [0.1, 0.15) is 5.75 Å². The summed E-state index contributed by atoms with van der Waals surface area (Å²) >= 11 is 1.39. The van der Waals surface area contributed by atoms with Crippen molar-refractivity contribution in [2.75, 3.05) is 20.2 Å². The van der Waals surface area contributed by atoms with E-state index >= 15 is 0 Å². The number of hydrogen-bond acceptors (Lipinski definition) is 5. The first-order chi connectivity index (χ1) is 8.65. The lowest BCUT2D eigenvalue weighted by Gasteiger charge is -2.31. The van der Waals surface area contributed by atoms with E-state index < -0.39 is 0 Å². The second-order valence-corrected chi connectivity index (χ2v) is 5.26. The zero-order valence-corrected chi connectivity index (χ0v) is 11.2. The normalized spacial score (nSPS) is 22.2. The third-order valence-corrected chi connectivity index (χ3v) is 4.04. The van der Waals surface area contributed by atoms with Gasteiger partial charge in [-0.05, 0) is 0 Å². The number of thiophene rings is 1.